The van der Waals surface area contributed by atoms with Crippen LogP contribution < -0.4 is 5.32 Å². The Hall–Kier alpha value is -2.01. The number of halogens is 6. The Morgan fingerprint density at radius 2 is 1.76 bits per heavy atom. The van der Waals surface area contributed by atoms with Crippen molar-refractivity contribution in [3.63, 3.8) is 0 Å². The van der Waals surface area contributed by atoms with E-state index in [1.807, 2.05) is 0 Å². The van der Waals surface area contributed by atoms with Crippen molar-refractivity contribution in [2.75, 3.05) is 11.5 Å². The van der Waals surface area contributed by atoms with Gasteiger partial charge in [-0.1, -0.05) is 34.4 Å². The second-order valence-electron chi connectivity index (χ2n) is 8.10. The van der Waals surface area contributed by atoms with E-state index in [9.17, 15) is 26.4 Å². The number of aryl methyl sites for hydroxylation is 1. The lowest BCUT2D eigenvalue weighted by molar-refractivity contribution is -0.274. The first-order valence-corrected chi connectivity index (χ1v) is 12.8. The molecular weight excluding hydrogens is 540 g/mol. The van der Waals surface area contributed by atoms with E-state index in [2.05, 4.69) is 10.5 Å². The number of rotatable bonds is 4. The van der Waals surface area contributed by atoms with Gasteiger partial charge in [0.1, 0.15) is 11.1 Å². The Balaban J connectivity index is 1.63. The van der Waals surface area contributed by atoms with Gasteiger partial charge in [-0.3, -0.25) is 4.79 Å². The van der Waals surface area contributed by atoms with Crippen LogP contribution in [-0.2, 0) is 20.3 Å². The van der Waals surface area contributed by atoms with Gasteiger partial charge in [0.25, 0.3) is 11.5 Å². The van der Waals surface area contributed by atoms with Gasteiger partial charge in [0.15, 0.2) is 9.84 Å². The number of amides is 1. The van der Waals surface area contributed by atoms with Gasteiger partial charge in [0, 0.05) is 26.7 Å². The highest BCUT2D eigenvalue weighted by molar-refractivity contribution is 7.92. The van der Waals surface area contributed by atoms with Gasteiger partial charge < -0.3 is 10.2 Å². The van der Waals surface area contributed by atoms with E-state index in [0.29, 0.717) is 5.56 Å². The second-order valence-corrected chi connectivity index (χ2v) is 11.6. The third-order valence-electron chi connectivity index (χ3n) is 5.61. The summed E-state index contributed by atoms with van der Waals surface area (Å²) in [7, 11) is -3.11. The minimum atomic E-state index is -4.98. The molecule has 2 aliphatic heterocycles. The van der Waals surface area contributed by atoms with Crippen molar-refractivity contribution in [1.29, 1.82) is 0 Å². The molecule has 1 N–H and O–H groups in total. The number of benzene rings is 2. The smallest absolute Gasteiger partial charge is 0.372 e. The van der Waals surface area contributed by atoms with Crippen molar-refractivity contribution in [1.82, 2.24) is 5.32 Å². The second kappa shape index (κ2) is 8.58. The van der Waals surface area contributed by atoms with E-state index >= 15 is 0 Å². The minimum Gasteiger partial charge on any atom is -0.372 e. The molecule has 2 aromatic carbocycles. The predicted molar refractivity (Wildman–Crippen MR) is 123 cm³/mol. The van der Waals surface area contributed by atoms with Crippen molar-refractivity contribution in [3.8, 4) is 0 Å². The van der Waals surface area contributed by atoms with E-state index in [-0.39, 0.29) is 38.4 Å². The quantitative estimate of drug-likeness (QED) is 0.558. The lowest BCUT2D eigenvalue weighted by Gasteiger charge is -2.32. The van der Waals surface area contributed by atoms with Crippen LogP contribution in [-0.4, -0.2) is 49.1 Å². The van der Waals surface area contributed by atoms with E-state index < -0.39 is 44.5 Å². The molecule has 0 radical (unpaired) electrons. The highest BCUT2D eigenvalue weighted by Gasteiger charge is 2.68. The van der Waals surface area contributed by atoms with E-state index in [4.69, 9.17) is 39.6 Å². The maximum absolute atomic E-state index is 14.3. The van der Waals surface area contributed by atoms with Gasteiger partial charge in [0.05, 0.1) is 17.5 Å². The molecule has 0 aliphatic carbocycles. The molecule has 1 amide bonds. The van der Waals surface area contributed by atoms with Gasteiger partial charge in [-0.05, 0) is 42.8 Å². The maximum Gasteiger partial charge on any atom is 0.437 e. The molecule has 2 unspecified atom stereocenters. The monoisotopic (exact) mass is 554 g/mol. The summed E-state index contributed by atoms with van der Waals surface area (Å²) >= 11 is 18.2. The van der Waals surface area contributed by atoms with Gasteiger partial charge in [-0.25, -0.2) is 8.42 Å². The standard InChI is InChI=1S/C21H16Cl3F3N2O4S/c1-10-4-11(2-3-16(10)19(30)28-15-8-34(31,32)9-15)17-18(24)20(33-29-17,21(25,26)27)12-5-13(22)7-14(23)6-12/h2-7,15,18H,8-9H2,1H3,(H,28,30). The first-order chi connectivity index (χ1) is 15.7. The molecule has 6 nitrogen and oxygen atoms in total. The molecule has 13 heteroatoms. The van der Waals surface area contributed by atoms with Crippen LogP contribution in [0.2, 0.25) is 10.0 Å². The molecule has 2 aromatic rings. The topological polar surface area (TPSA) is 84.8 Å². The maximum atomic E-state index is 14.3. The van der Waals surface area contributed by atoms with Crippen LogP contribution in [0.3, 0.4) is 0 Å². The summed E-state index contributed by atoms with van der Waals surface area (Å²) in [4.78, 5) is 17.5. The molecule has 1 fully saturated rings. The minimum absolute atomic E-state index is 0.0301. The van der Waals surface area contributed by atoms with Gasteiger partial charge >= 0.3 is 6.18 Å². The van der Waals surface area contributed by atoms with Gasteiger partial charge in [0.2, 0.25) is 0 Å². The van der Waals surface area contributed by atoms with Crippen LogP contribution in [0.5, 0.6) is 0 Å². The van der Waals surface area contributed by atoms with Crippen molar-refractivity contribution in [2.45, 2.75) is 30.1 Å². The van der Waals surface area contributed by atoms with E-state index in [1.165, 1.54) is 24.3 Å². The zero-order chi connectivity index (χ0) is 25.1. The molecule has 1 saturated heterocycles. The van der Waals surface area contributed by atoms with Crippen LogP contribution in [0.1, 0.15) is 27.0 Å². The van der Waals surface area contributed by atoms with Gasteiger partial charge in [-0.15, -0.1) is 11.6 Å². The van der Waals surface area contributed by atoms with Crippen LogP contribution in [0.4, 0.5) is 13.2 Å². The van der Waals surface area contributed by atoms with Crippen LogP contribution >= 0.6 is 34.8 Å². The fourth-order valence-electron chi connectivity index (χ4n) is 3.92. The van der Waals surface area contributed by atoms with Crippen LogP contribution in [0.15, 0.2) is 41.6 Å². The Labute approximate surface area is 207 Å². The first-order valence-electron chi connectivity index (χ1n) is 9.79. The summed E-state index contributed by atoms with van der Waals surface area (Å²) in [6, 6.07) is 7.19. The van der Waals surface area contributed by atoms with Crippen molar-refractivity contribution < 1.29 is 31.2 Å². The number of hydrogen-bond acceptors (Lipinski definition) is 5. The SMILES string of the molecule is Cc1cc(C2=NOC(c3cc(Cl)cc(Cl)c3)(C(F)(F)F)C2Cl)ccc1C(=O)NC1CS(=O)(=O)C1. The summed E-state index contributed by atoms with van der Waals surface area (Å²) in [5.41, 5.74) is -2.73. The van der Waals surface area contributed by atoms with Crippen LogP contribution in [0, 0.1) is 6.92 Å². The number of sulfone groups is 1. The molecular formula is C21H16Cl3F3N2O4S. The number of carbonyl (C=O) groups excluding carboxylic acids is 1. The van der Waals surface area contributed by atoms with Crippen molar-refractivity contribution in [3.05, 3.63) is 68.7 Å². The normalized spacial score (nSPS) is 24.2. The third kappa shape index (κ3) is 4.36. The fourth-order valence-corrected chi connectivity index (χ4v) is 6.20. The summed E-state index contributed by atoms with van der Waals surface area (Å²) in [5.74, 6) is -0.759. The summed E-state index contributed by atoms with van der Waals surface area (Å²) in [6.45, 7) is 1.59. The number of oxime groups is 1. The Kier molecular flexibility index (Phi) is 6.33. The lowest BCUT2D eigenvalue weighted by atomic mass is 9.85. The molecule has 0 bridgehead atoms. The van der Waals surface area contributed by atoms with Crippen LogP contribution in [0.25, 0.3) is 0 Å². The summed E-state index contributed by atoms with van der Waals surface area (Å²) in [5, 5.41) is 4.42. The molecule has 2 aliphatic rings. The summed E-state index contributed by atoms with van der Waals surface area (Å²) in [6.07, 6.45) is -4.98. The average Bonchev–Trinajstić information content (AvgIpc) is 3.03. The Bertz CT molecular complexity index is 1280. The molecule has 0 aromatic heterocycles. The molecule has 34 heavy (non-hydrogen) atoms. The lowest BCUT2D eigenvalue weighted by Crippen LogP contribution is -2.53. The third-order valence-corrected chi connectivity index (χ3v) is 8.38. The van der Waals surface area contributed by atoms with Crippen molar-refractivity contribution >= 4 is 56.3 Å². The predicted octanol–water partition coefficient (Wildman–Crippen LogP) is 4.63. The highest BCUT2D eigenvalue weighted by Crippen LogP contribution is 2.51. The Morgan fingerprint density at radius 1 is 1.15 bits per heavy atom. The Morgan fingerprint density at radius 3 is 2.29 bits per heavy atom. The van der Waals surface area contributed by atoms with E-state index in [0.717, 1.165) is 12.1 Å². The number of hydrogen-bond donors (Lipinski definition) is 1. The molecule has 2 atom stereocenters. The van der Waals surface area contributed by atoms with Crippen molar-refractivity contribution in [2.24, 2.45) is 5.16 Å². The zero-order valence-corrected chi connectivity index (χ0v) is 20.4. The largest absolute Gasteiger partial charge is 0.437 e. The number of alkyl halides is 4. The van der Waals surface area contributed by atoms with E-state index in [1.54, 1.807) is 6.92 Å². The van der Waals surface area contributed by atoms with Gasteiger partial charge in [-0.2, -0.15) is 13.2 Å². The zero-order valence-electron chi connectivity index (χ0n) is 17.3. The number of nitrogens with zero attached hydrogens (tertiary/aromatic N) is 1. The fraction of sp³-hybridized carbons (Fsp3) is 0.333. The summed E-state index contributed by atoms with van der Waals surface area (Å²) < 4.78 is 65.5. The number of nitrogens with one attached hydrogen (secondary N) is 1. The number of carbonyl (C=O) groups is 1. The molecule has 0 spiro atoms. The average molecular weight is 556 g/mol. The molecule has 182 valence electrons. The molecule has 2 heterocycles. The first kappa shape index (κ1) is 25.1. The molecule has 0 saturated carbocycles. The highest BCUT2D eigenvalue weighted by atomic mass is 35.5. The molecule has 4 rings (SSSR count).